The highest BCUT2D eigenvalue weighted by molar-refractivity contribution is 6.63. The Labute approximate surface area is 96.5 Å². The molecule has 0 radical (unpaired) electrons. The molecule has 0 fully saturated rings. The van der Waals surface area contributed by atoms with Crippen molar-refractivity contribution in [3.8, 4) is 0 Å². The molecule has 0 saturated carbocycles. The Balaban J connectivity index is 2.38. The molecule has 0 unspecified atom stereocenters. The Morgan fingerprint density at radius 3 is 2.53 bits per heavy atom. The Bertz CT molecular complexity index is 344. The molecule has 0 aliphatic carbocycles. The molecule has 0 aliphatic rings. The number of rotatable bonds is 5. The molecule has 0 saturated heterocycles. The highest BCUT2D eigenvalue weighted by atomic mass is 35.5. The Morgan fingerprint density at radius 2 is 1.93 bits per heavy atom. The second kappa shape index (κ2) is 5.92. The van der Waals surface area contributed by atoms with Crippen LogP contribution in [0.1, 0.15) is 36.0 Å². The van der Waals surface area contributed by atoms with Crippen molar-refractivity contribution in [2.75, 3.05) is 0 Å². The van der Waals surface area contributed by atoms with E-state index in [0.29, 0.717) is 6.42 Å². The van der Waals surface area contributed by atoms with Crippen molar-refractivity contribution in [1.82, 2.24) is 0 Å². The van der Waals surface area contributed by atoms with Gasteiger partial charge < -0.3 is 0 Å². The number of benzene rings is 1. The zero-order valence-corrected chi connectivity index (χ0v) is 10.1. The molecule has 2 heteroatoms. The van der Waals surface area contributed by atoms with Crippen LogP contribution < -0.4 is 0 Å². The van der Waals surface area contributed by atoms with Gasteiger partial charge in [-0.3, -0.25) is 4.79 Å². The molecular weight excluding hydrogens is 208 g/mol. The summed E-state index contributed by atoms with van der Waals surface area (Å²) in [6.07, 6.45) is 3.44. The van der Waals surface area contributed by atoms with Crippen LogP contribution in [0, 0.1) is 13.8 Å². The fourth-order valence-corrected chi connectivity index (χ4v) is 1.69. The molecule has 0 heterocycles. The number of hydrogen-bond acceptors (Lipinski definition) is 1. The standard InChI is InChI=1S/C13H17ClO/c1-10-7-8-12(9-11(10)2)5-3-4-6-13(14)15/h7-9H,3-6H2,1-2H3. The number of hydrogen-bond donors (Lipinski definition) is 0. The SMILES string of the molecule is Cc1ccc(CCCCC(=O)Cl)cc1C. The van der Waals surface area contributed by atoms with Crippen molar-refractivity contribution in [2.24, 2.45) is 0 Å². The molecule has 1 rings (SSSR count). The van der Waals surface area contributed by atoms with Gasteiger partial charge in [-0.15, -0.1) is 0 Å². The van der Waals surface area contributed by atoms with Crippen molar-refractivity contribution in [2.45, 2.75) is 39.5 Å². The minimum Gasteiger partial charge on any atom is -0.281 e. The third-order valence-electron chi connectivity index (χ3n) is 2.66. The predicted molar refractivity (Wildman–Crippen MR) is 64.3 cm³/mol. The highest BCUT2D eigenvalue weighted by Crippen LogP contribution is 2.12. The molecular formula is C13H17ClO. The lowest BCUT2D eigenvalue weighted by molar-refractivity contribution is -0.111. The molecule has 0 bridgehead atoms. The van der Waals surface area contributed by atoms with Crippen molar-refractivity contribution >= 4 is 16.8 Å². The van der Waals surface area contributed by atoms with Gasteiger partial charge in [0.15, 0.2) is 0 Å². The summed E-state index contributed by atoms with van der Waals surface area (Å²) in [5.41, 5.74) is 4.01. The predicted octanol–water partition coefficient (Wildman–Crippen LogP) is 3.78. The quantitative estimate of drug-likeness (QED) is 0.550. The maximum Gasteiger partial charge on any atom is 0.221 e. The number of carbonyl (C=O) groups excluding carboxylic acids is 1. The molecule has 0 amide bonds. The van der Waals surface area contributed by atoms with Gasteiger partial charge in [-0.2, -0.15) is 0 Å². The van der Waals surface area contributed by atoms with Crippen LogP contribution >= 0.6 is 11.6 Å². The maximum atomic E-state index is 10.5. The van der Waals surface area contributed by atoms with E-state index >= 15 is 0 Å². The van der Waals surface area contributed by atoms with Crippen LogP contribution in [0.15, 0.2) is 18.2 Å². The normalized spacial score (nSPS) is 10.3. The van der Waals surface area contributed by atoms with Crippen LogP contribution in [-0.2, 0) is 11.2 Å². The average Bonchev–Trinajstić information content (AvgIpc) is 2.18. The lowest BCUT2D eigenvalue weighted by atomic mass is 10.0. The molecule has 82 valence electrons. The van der Waals surface area contributed by atoms with E-state index in [0.717, 1.165) is 19.3 Å². The van der Waals surface area contributed by atoms with E-state index in [-0.39, 0.29) is 5.24 Å². The third-order valence-corrected chi connectivity index (χ3v) is 2.85. The number of unbranched alkanes of at least 4 members (excludes halogenated alkanes) is 1. The van der Waals surface area contributed by atoms with Crippen LogP contribution in [0.5, 0.6) is 0 Å². The summed E-state index contributed by atoms with van der Waals surface area (Å²) >= 11 is 5.27. The maximum absolute atomic E-state index is 10.5. The fourth-order valence-electron chi connectivity index (χ4n) is 1.55. The van der Waals surface area contributed by atoms with Gasteiger partial charge in [0.1, 0.15) is 0 Å². The van der Waals surface area contributed by atoms with E-state index < -0.39 is 0 Å². The van der Waals surface area contributed by atoms with Gasteiger partial charge in [0, 0.05) is 6.42 Å². The van der Waals surface area contributed by atoms with Gasteiger partial charge in [0.2, 0.25) is 5.24 Å². The van der Waals surface area contributed by atoms with Gasteiger partial charge >= 0.3 is 0 Å². The van der Waals surface area contributed by atoms with Crippen molar-refractivity contribution in [1.29, 1.82) is 0 Å². The summed E-state index contributed by atoms with van der Waals surface area (Å²) in [4.78, 5) is 10.5. The Kier molecular flexibility index (Phi) is 4.83. The Morgan fingerprint density at radius 1 is 1.20 bits per heavy atom. The second-order valence-corrected chi connectivity index (χ2v) is 4.40. The van der Waals surface area contributed by atoms with Gasteiger partial charge in [-0.1, -0.05) is 18.2 Å². The van der Waals surface area contributed by atoms with E-state index in [1.807, 2.05) is 0 Å². The molecule has 0 N–H and O–H groups in total. The zero-order chi connectivity index (χ0) is 11.3. The van der Waals surface area contributed by atoms with Gasteiger partial charge in [-0.05, 0) is 61.4 Å². The fraction of sp³-hybridized carbons (Fsp3) is 0.462. The van der Waals surface area contributed by atoms with Gasteiger partial charge in [0.25, 0.3) is 0 Å². The minimum absolute atomic E-state index is 0.227. The lowest BCUT2D eigenvalue weighted by Gasteiger charge is -2.04. The van der Waals surface area contributed by atoms with Crippen molar-refractivity contribution in [3.05, 3.63) is 34.9 Å². The molecule has 0 spiro atoms. The molecule has 1 aromatic rings. The molecule has 1 nitrogen and oxygen atoms in total. The van der Waals surface area contributed by atoms with Gasteiger partial charge in [0.05, 0.1) is 0 Å². The van der Waals surface area contributed by atoms with E-state index in [2.05, 4.69) is 32.0 Å². The number of carbonyl (C=O) groups is 1. The second-order valence-electron chi connectivity index (χ2n) is 3.98. The number of halogens is 1. The lowest BCUT2D eigenvalue weighted by Crippen LogP contribution is -1.91. The first-order valence-electron chi connectivity index (χ1n) is 5.34. The summed E-state index contributed by atoms with van der Waals surface area (Å²) in [6, 6.07) is 6.53. The molecule has 0 aromatic heterocycles. The summed E-state index contributed by atoms with van der Waals surface area (Å²) < 4.78 is 0. The summed E-state index contributed by atoms with van der Waals surface area (Å²) in [7, 11) is 0. The minimum atomic E-state index is -0.227. The van der Waals surface area contributed by atoms with E-state index in [4.69, 9.17) is 11.6 Å². The number of aryl methyl sites for hydroxylation is 3. The van der Waals surface area contributed by atoms with Crippen LogP contribution in [0.4, 0.5) is 0 Å². The first kappa shape index (κ1) is 12.3. The van der Waals surface area contributed by atoms with Crippen LogP contribution in [0.2, 0.25) is 0 Å². The zero-order valence-electron chi connectivity index (χ0n) is 9.35. The van der Waals surface area contributed by atoms with Crippen LogP contribution in [0.3, 0.4) is 0 Å². The monoisotopic (exact) mass is 224 g/mol. The van der Waals surface area contributed by atoms with E-state index in [1.54, 1.807) is 0 Å². The van der Waals surface area contributed by atoms with Crippen LogP contribution in [0.25, 0.3) is 0 Å². The first-order valence-corrected chi connectivity index (χ1v) is 5.72. The average molecular weight is 225 g/mol. The van der Waals surface area contributed by atoms with Crippen molar-refractivity contribution in [3.63, 3.8) is 0 Å². The molecule has 1 aromatic carbocycles. The topological polar surface area (TPSA) is 17.1 Å². The summed E-state index contributed by atoms with van der Waals surface area (Å²) in [5.74, 6) is 0. The summed E-state index contributed by atoms with van der Waals surface area (Å²) in [5, 5.41) is -0.227. The summed E-state index contributed by atoms with van der Waals surface area (Å²) in [6.45, 7) is 4.24. The molecule has 15 heavy (non-hydrogen) atoms. The van der Waals surface area contributed by atoms with Gasteiger partial charge in [-0.25, -0.2) is 0 Å². The van der Waals surface area contributed by atoms with Crippen LogP contribution in [-0.4, -0.2) is 5.24 Å². The van der Waals surface area contributed by atoms with E-state index in [1.165, 1.54) is 16.7 Å². The molecule has 0 aliphatic heterocycles. The van der Waals surface area contributed by atoms with E-state index in [9.17, 15) is 4.79 Å². The largest absolute Gasteiger partial charge is 0.281 e. The Hall–Kier alpha value is -0.820. The van der Waals surface area contributed by atoms with Crippen molar-refractivity contribution < 1.29 is 4.79 Å². The smallest absolute Gasteiger partial charge is 0.221 e. The molecule has 0 atom stereocenters. The third kappa shape index (κ3) is 4.48. The first-order chi connectivity index (χ1) is 7.09. The highest BCUT2D eigenvalue weighted by Gasteiger charge is 1.99.